The summed E-state index contributed by atoms with van der Waals surface area (Å²) >= 11 is 0. The van der Waals surface area contributed by atoms with Gasteiger partial charge in [0.2, 0.25) is 10.0 Å². The first-order chi connectivity index (χ1) is 15.4. The molecular weight excluding hydrogens is 435 g/mol. The van der Waals surface area contributed by atoms with Crippen molar-refractivity contribution in [2.75, 3.05) is 57.8 Å². The number of halogens is 1. The largest absolute Gasteiger partial charge is 0.496 e. The highest BCUT2D eigenvalue weighted by atomic mass is 32.2. The van der Waals surface area contributed by atoms with E-state index in [1.807, 2.05) is 0 Å². The molecule has 8 nitrogen and oxygen atoms in total. The van der Waals surface area contributed by atoms with Crippen LogP contribution in [0.4, 0.5) is 10.1 Å². The van der Waals surface area contributed by atoms with Gasteiger partial charge in [-0.2, -0.15) is 4.31 Å². The lowest BCUT2D eigenvalue weighted by atomic mass is 10.1. The van der Waals surface area contributed by atoms with E-state index in [0.717, 1.165) is 38.4 Å². The number of oxime groups is 1. The smallest absolute Gasteiger partial charge is 0.244 e. The van der Waals surface area contributed by atoms with Crippen LogP contribution in [0.15, 0.2) is 52.5 Å². The second-order valence-electron chi connectivity index (χ2n) is 7.88. The van der Waals surface area contributed by atoms with Gasteiger partial charge in [0.05, 0.1) is 24.1 Å². The van der Waals surface area contributed by atoms with Crippen LogP contribution in [0, 0.1) is 5.82 Å². The molecule has 0 radical (unpaired) electrons. The Balaban J connectivity index is 1.35. The van der Waals surface area contributed by atoms with Crippen LogP contribution in [0.1, 0.15) is 12.0 Å². The topological polar surface area (TPSA) is 85.7 Å². The zero-order valence-electron chi connectivity index (χ0n) is 17.9. The third-order valence-corrected chi connectivity index (χ3v) is 7.89. The van der Waals surface area contributed by atoms with E-state index in [1.54, 1.807) is 24.3 Å². The molecule has 2 aliphatic heterocycles. The van der Waals surface area contributed by atoms with Gasteiger partial charge >= 0.3 is 0 Å². The molecule has 0 amide bonds. The summed E-state index contributed by atoms with van der Waals surface area (Å²) in [6.45, 7) is 4.48. The number of ether oxygens (including phenoxy) is 1. The van der Waals surface area contributed by atoms with Gasteiger partial charge in [0.25, 0.3) is 0 Å². The van der Waals surface area contributed by atoms with Crippen LogP contribution in [0.3, 0.4) is 0 Å². The Labute approximate surface area is 187 Å². The molecule has 0 aromatic heterocycles. The Bertz CT molecular complexity index is 1080. The maximum Gasteiger partial charge on any atom is 0.244 e. The number of fused-ring (bicyclic) bond motifs is 1. The van der Waals surface area contributed by atoms with Gasteiger partial charge < -0.3 is 14.8 Å². The van der Waals surface area contributed by atoms with Crippen molar-refractivity contribution in [3.63, 3.8) is 0 Å². The maximum atomic E-state index is 13.1. The Morgan fingerprint density at radius 2 is 1.78 bits per heavy atom. The Kier molecular flexibility index (Phi) is 6.63. The van der Waals surface area contributed by atoms with Crippen molar-refractivity contribution in [3.8, 4) is 5.75 Å². The third kappa shape index (κ3) is 4.43. The van der Waals surface area contributed by atoms with E-state index in [0.29, 0.717) is 24.3 Å². The summed E-state index contributed by atoms with van der Waals surface area (Å²) in [6, 6.07) is 11.3. The minimum atomic E-state index is -3.71. The van der Waals surface area contributed by atoms with Crippen molar-refractivity contribution in [2.24, 2.45) is 5.16 Å². The van der Waals surface area contributed by atoms with E-state index in [4.69, 9.17) is 4.74 Å². The fourth-order valence-electron chi connectivity index (χ4n) is 4.28. The zero-order valence-corrected chi connectivity index (χ0v) is 18.8. The minimum absolute atomic E-state index is 0.00452. The first-order valence-electron chi connectivity index (χ1n) is 10.6. The molecule has 1 N–H and O–H groups in total. The van der Waals surface area contributed by atoms with E-state index in [2.05, 4.69) is 15.0 Å². The zero-order chi connectivity index (χ0) is 22.7. The normalized spacial score (nSPS) is 20.3. The molecule has 32 heavy (non-hydrogen) atoms. The number of sulfonamides is 1. The number of piperazine rings is 1. The molecule has 2 aromatic carbocycles. The number of hydrogen-bond donors (Lipinski definition) is 1. The number of anilines is 1. The highest BCUT2D eigenvalue weighted by Crippen LogP contribution is 2.33. The average Bonchev–Trinajstić information content (AvgIpc) is 2.81. The summed E-state index contributed by atoms with van der Waals surface area (Å²) < 4.78 is 46.0. The van der Waals surface area contributed by atoms with Crippen molar-refractivity contribution in [1.29, 1.82) is 0 Å². The molecule has 1 saturated heterocycles. The van der Waals surface area contributed by atoms with Crippen LogP contribution >= 0.6 is 0 Å². The van der Waals surface area contributed by atoms with Crippen LogP contribution in [0.2, 0.25) is 0 Å². The van der Waals surface area contributed by atoms with Crippen molar-refractivity contribution < 1.29 is 22.8 Å². The highest BCUT2D eigenvalue weighted by Gasteiger charge is 2.37. The van der Waals surface area contributed by atoms with Gasteiger partial charge in [-0.15, -0.1) is 0 Å². The molecule has 4 rings (SSSR count). The van der Waals surface area contributed by atoms with Gasteiger partial charge in [0.15, 0.2) is 0 Å². The molecule has 2 aliphatic rings. The van der Waals surface area contributed by atoms with Crippen molar-refractivity contribution in [3.05, 3.63) is 53.8 Å². The van der Waals surface area contributed by atoms with Gasteiger partial charge in [-0.1, -0.05) is 11.2 Å². The second-order valence-corrected chi connectivity index (χ2v) is 9.78. The molecule has 1 fully saturated rings. The van der Waals surface area contributed by atoms with E-state index >= 15 is 0 Å². The number of methoxy groups -OCH3 is 1. The number of benzene rings is 2. The molecule has 10 heteroatoms. The quantitative estimate of drug-likeness (QED) is 0.524. The molecule has 172 valence electrons. The fraction of sp³-hybridized carbons (Fsp3) is 0.409. The Hall–Kier alpha value is -2.69. The van der Waals surface area contributed by atoms with Gasteiger partial charge in [-0.05, 0) is 49.4 Å². The number of hydrogen-bond acceptors (Lipinski definition) is 7. The fourth-order valence-corrected chi connectivity index (χ4v) is 5.95. The lowest BCUT2D eigenvalue weighted by Gasteiger charge is -2.36. The van der Waals surface area contributed by atoms with E-state index in [9.17, 15) is 18.0 Å². The molecule has 2 aromatic rings. The third-order valence-electron chi connectivity index (χ3n) is 6.01. The van der Waals surface area contributed by atoms with Crippen molar-refractivity contribution >= 4 is 21.4 Å². The molecule has 0 aliphatic carbocycles. The Morgan fingerprint density at radius 1 is 1.06 bits per heavy atom. The van der Waals surface area contributed by atoms with Crippen LogP contribution in [-0.4, -0.2) is 81.5 Å². The number of rotatable bonds is 6. The van der Waals surface area contributed by atoms with Crippen LogP contribution in [-0.2, 0) is 10.0 Å². The molecule has 0 bridgehead atoms. The molecule has 0 unspecified atom stereocenters. The van der Waals surface area contributed by atoms with Gasteiger partial charge in [0.1, 0.15) is 17.3 Å². The predicted molar refractivity (Wildman–Crippen MR) is 120 cm³/mol. The molecule has 0 atom stereocenters. The van der Waals surface area contributed by atoms with E-state index in [1.165, 1.54) is 29.6 Å². The first-order valence-corrected chi connectivity index (χ1v) is 12.0. The van der Waals surface area contributed by atoms with Gasteiger partial charge in [-0.25, -0.2) is 12.8 Å². The minimum Gasteiger partial charge on any atom is -0.496 e. The molecule has 0 saturated carbocycles. The van der Waals surface area contributed by atoms with E-state index < -0.39 is 10.0 Å². The van der Waals surface area contributed by atoms with Gasteiger partial charge in [-0.3, -0.25) is 4.90 Å². The van der Waals surface area contributed by atoms with E-state index in [-0.39, 0.29) is 23.0 Å². The molecule has 0 spiro atoms. The van der Waals surface area contributed by atoms with Crippen molar-refractivity contribution in [2.45, 2.75) is 11.3 Å². The van der Waals surface area contributed by atoms with Crippen LogP contribution in [0.25, 0.3) is 0 Å². The molecular formula is C22H27FN4O4S. The summed E-state index contributed by atoms with van der Waals surface area (Å²) in [4.78, 5) is 4.62. The lowest BCUT2D eigenvalue weighted by Crippen LogP contribution is -2.47. The lowest BCUT2D eigenvalue weighted by molar-refractivity contribution is 0.247. The summed E-state index contributed by atoms with van der Waals surface area (Å²) in [5, 5.41) is 12.8. The second kappa shape index (κ2) is 9.43. The summed E-state index contributed by atoms with van der Waals surface area (Å²) in [5.41, 5.74) is 1.61. The average molecular weight is 463 g/mol. The van der Waals surface area contributed by atoms with Crippen LogP contribution in [0.5, 0.6) is 5.75 Å². The maximum absolute atomic E-state index is 13.1. The monoisotopic (exact) mass is 462 g/mol. The van der Waals surface area contributed by atoms with Crippen molar-refractivity contribution in [1.82, 2.24) is 9.21 Å². The summed E-state index contributed by atoms with van der Waals surface area (Å²) in [5.74, 6) is 0.132. The SMILES string of the molecule is COc1cccc2c1C(=NO)CN(CCCN1CCN(c3ccc(F)cc3)CC1)S2(=O)=O. The van der Waals surface area contributed by atoms with Crippen LogP contribution < -0.4 is 9.64 Å². The molecule has 2 heterocycles. The summed E-state index contributed by atoms with van der Waals surface area (Å²) in [7, 11) is -2.25. The Morgan fingerprint density at radius 3 is 2.44 bits per heavy atom. The summed E-state index contributed by atoms with van der Waals surface area (Å²) in [6.07, 6.45) is 0.661. The van der Waals surface area contributed by atoms with Gasteiger partial charge in [0, 0.05) is 38.4 Å². The standard InChI is InChI=1S/C22H27FN4O4S/c1-31-20-4-2-5-21-22(20)19(24-28)16-27(32(21,29)30)11-3-10-25-12-14-26(15-13-25)18-8-6-17(23)7-9-18/h2,4-9,28H,3,10-16H2,1H3. The highest BCUT2D eigenvalue weighted by molar-refractivity contribution is 7.89. The predicted octanol–water partition coefficient (Wildman–Crippen LogP) is 2.23. The first kappa shape index (κ1) is 22.5. The number of nitrogens with zero attached hydrogens (tertiary/aromatic N) is 4.